The van der Waals surface area contributed by atoms with Crippen molar-refractivity contribution in [1.82, 2.24) is 0 Å². The molecule has 0 amide bonds. The van der Waals surface area contributed by atoms with Gasteiger partial charge in [-0.2, -0.15) is 0 Å². The third-order valence-electron chi connectivity index (χ3n) is 2.98. The molecule has 0 N–H and O–H groups in total. The molecule has 1 aliphatic heterocycles. The lowest BCUT2D eigenvalue weighted by Gasteiger charge is -2.30. The van der Waals surface area contributed by atoms with Gasteiger partial charge in [0.15, 0.2) is 0 Å². The average Bonchev–Trinajstić information content (AvgIpc) is 2.39. The first-order valence-corrected chi connectivity index (χ1v) is 5.74. The molecule has 0 atom stereocenters. The number of carbonyl (C=O) groups excluding carboxylic acids is 1. The van der Waals surface area contributed by atoms with Gasteiger partial charge in [0.1, 0.15) is 0 Å². The van der Waals surface area contributed by atoms with Crippen LogP contribution in [-0.2, 0) is 9.47 Å². The molecule has 0 unspecified atom stereocenters. The van der Waals surface area contributed by atoms with Crippen molar-refractivity contribution in [3.63, 3.8) is 0 Å². The summed E-state index contributed by atoms with van der Waals surface area (Å²) in [5.74, 6) is -0.292. The quantitative estimate of drug-likeness (QED) is 0.730. The molecule has 0 aromatic heterocycles. The monoisotopic (exact) mass is 235 g/mol. The molecular weight excluding hydrogens is 218 g/mol. The summed E-state index contributed by atoms with van der Waals surface area (Å²) in [5.41, 5.74) is 2.86. The van der Waals surface area contributed by atoms with Gasteiger partial charge in [-0.05, 0) is 24.6 Å². The van der Waals surface area contributed by atoms with Gasteiger partial charge in [-0.15, -0.1) is 0 Å². The Hall–Kier alpha value is -1.55. The smallest absolute Gasteiger partial charge is 0.337 e. The van der Waals surface area contributed by atoms with E-state index in [-0.39, 0.29) is 5.97 Å². The highest BCUT2D eigenvalue weighted by molar-refractivity contribution is 5.90. The maximum Gasteiger partial charge on any atom is 0.337 e. The predicted octanol–water partition coefficient (Wildman–Crippen LogP) is 1.62. The van der Waals surface area contributed by atoms with Crippen LogP contribution in [0.4, 0.5) is 5.69 Å². The van der Waals surface area contributed by atoms with E-state index in [1.807, 2.05) is 19.1 Å². The number of ether oxygens (including phenoxy) is 2. The summed E-state index contributed by atoms with van der Waals surface area (Å²) in [6.45, 7) is 5.26. The first-order valence-electron chi connectivity index (χ1n) is 5.74. The summed E-state index contributed by atoms with van der Waals surface area (Å²) in [5, 5.41) is 0. The van der Waals surface area contributed by atoms with Crippen molar-refractivity contribution < 1.29 is 14.3 Å². The van der Waals surface area contributed by atoms with Crippen LogP contribution < -0.4 is 4.90 Å². The van der Waals surface area contributed by atoms with Crippen LogP contribution in [0.2, 0.25) is 0 Å². The Balaban J connectivity index is 2.28. The third-order valence-corrected chi connectivity index (χ3v) is 2.98. The van der Waals surface area contributed by atoms with E-state index in [1.54, 1.807) is 6.07 Å². The van der Waals surface area contributed by atoms with Crippen LogP contribution in [0.15, 0.2) is 18.2 Å². The summed E-state index contributed by atoms with van der Waals surface area (Å²) in [4.78, 5) is 13.7. The van der Waals surface area contributed by atoms with Crippen LogP contribution in [0.3, 0.4) is 0 Å². The lowest BCUT2D eigenvalue weighted by molar-refractivity contribution is 0.0601. The molecule has 1 aromatic carbocycles. The van der Waals surface area contributed by atoms with Crippen molar-refractivity contribution in [2.75, 3.05) is 38.3 Å². The highest BCUT2D eigenvalue weighted by Crippen LogP contribution is 2.23. The number of aryl methyl sites for hydroxylation is 1. The minimum atomic E-state index is -0.292. The van der Waals surface area contributed by atoms with Crippen molar-refractivity contribution in [2.24, 2.45) is 0 Å². The van der Waals surface area contributed by atoms with E-state index in [0.29, 0.717) is 5.56 Å². The second-order valence-electron chi connectivity index (χ2n) is 4.09. The molecule has 1 fully saturated rings. The van der Waals surface area contributed by atoms with Crippen molar-refractivity contribution >= 4 is 11.7 Å². The van der Waals surface area contributed by atoms with Gasteiger partial charge < -0.3 is 14.4 Å². The Kier molecular flexibility index (Phi) is 3.64. The van der Waals surface area contributed by atoms with Crippen molar-refractivity contribution in [2.45, 2.75) is 6.92 Å². The maximum atomic E-state index is 11.5. The molecule has 17 heavy (non-hydrogen) atoms. The maximum absolute atomic E-state index is 11.5. The molecule has 2 rings (SSSR count). The van der Waals surface area contributed by atoms with Crippen molar-refractivity contribution in [3.8, 4) is 0 Å². The summed E-state index contributed by atoms with van der Waals surface area (Å²) in [6, 6.07) is 5.65. The Morgan fingerprint density at radius 2 is 2.06 bits per heavy atom. The molecule has 4 nitrogen and oxygen atoms in total. The molecule has 0 aliphatic carbocycles. The van der Waals surface area contributed by atoms with E-state index >= 15 is 0 Å². The highest BCUT2D eigenvalue weighted by Gasteiger charge is 2.15. The van der Waals surface area contributed by atoms with Gasteiger partial charge in [-0.25, -0.2) is 4.79 Å². The van der Waals surface area contributed by atoms with E-state index in [9.17, 15) is 4.79 Å². The molecule has 92 valence electrons. The zero-order valence-corrected chi connectivity index (χ0v) is 10.2. The number of benzene rings is 1. The Morgan fingerprint density at radius 3 is 2.71 bits per heavy atom. The lowest BCUT2D eigenvalue weighted by Crippen LogP contribution is -2.36. The second kappa shape index (κ2) is 5.19. The second-order valence-corrected chi connectivity index (χ2v) is 4.09. The van der Waals surface area contributed by atoms with Crippen LogP contribution in [0.1, 0.15) is 15.9 Å². The van der Waals surface area contributed by atoms with Gasteiger partial charge in [-0.3, -0.25) is 0 Å². The number of methoxy groups -OCH3 is 1. The summed E-state index contributed by atoms with van der Waals surface area (Å²) < 4.78 is 10.1. The Morgan fingerprint density at radius 1 is 1.35 bits per heavy atom. The van der Waals surface area contributed by atoms with E-state index in [0.717, 1.165) is 32.0 Å². The minimum Gasteiger partial charge on any atom is -0.465 e. The Bertz CT molecular complexity index is 411. The van der Waals surface area contributed by atoms with Gasteiger partial charge in [0.05, 0.1) is 25.9 Å². The first kappa shape index (κ1) is 11.9. The molecule has 0 bridgehead atoms. The third kappa shape index (κ3) is 2.58. The van der Waals surface area contributed by atoms with E-state index in [2.05, 4.69) is 4.90 Å². The van der Waals surface area contributed by atoms with E-state index in [4.69, 9.17) is 9.47 Å². The van der Waals surface area contributed by atoms with E-state index < -0.39 is 0 Å². The number of nitrogens with zero attached hydrogens (tertiary/aromatic N) is 1. The molecular formula is C13H17NO3. The highest BCUT2D eigenvalue weighted by atomic mass is 16.5. The van der Waals surface area contributed by atoms with Gasteiger partial charge >= 0.3 is 5.97 Å². The van der Waals surface area contributed by atoms with Gasteiger partial charge in [0.25, 0.3) is 0 Å². The largest absolute Gasteiger partial charge is 0.465 e. The summed E-state index contributed by atoms with van der Waals surface area (Å²) in [6.07, 6.45) is 0. The summed E-state index contributed by atoms with van der Waals surface area (Å²) >= 11 is 0. The lowest BCUT2D eigenvalue weighted by atomic mass is 10.1. The van der Waals surface area contributed by atoms with Gasteiger partial charge in [0.2, 0.25) is 0 Å². The molecule has 0 saturated carbocycles. The normalized spacial score (nSPS) is 15.8. The van der Waals surface area contributed by atoms with Gasteiger partial charge in [0, 0.05) is 18.8 Å². The number of morpholine rings is 1. The summed E-state index contributed by atoms with van der Waals surface area (Å²) in [7, 11) is 1.40. The minimum absolute atomic E-state index is 0.292. The van der Waals surface area contributed by atoms with Crippen LogP contribution in [0.25, 0.3) is 0 Å². The number of carbonyl (C=O) groups is 1. The fourth-order valence-electron chi connectivity index (χ4n) is 2.00. The number of hydrogen-bond donors (Lipinski definition) is 0. The van der Waals surface area contributed by atoms with Crippen molar-refractivity contribution in [1.29, 1.82) is 0 Å². The van der Waals surface area contributed by atoms with E-state index in [1.165, 1.54) is 12.7 Å². The predicted molar refractivity (Wildman–Crippen MR) is 65.6 cm³/mol. The van der Waals surface area contributed by atoms with Crippen LogP contribution in [0.5, 0.6) is 0 Å². The molecule has 0 spiro atoms. The Labute approximate surface area is 101 Å². The van der Waals surface area contributed by atoms with Crippen LogP contribution >= 0.6 is 0 Å². The fraction of sp³-hybridized carbons (Fsp3) is 0.462. The molecule has 1 heterocycles. The average molecular weight is 235 g/mol. The first-order chi connectivity index (χ1) is 8.22. The number of rotatable bonds is 2. The molecule has 0 radical (unpaired) electrons. The fourth-order valence-corrected chi connectivity index (χ4v) is 2.00. The standard InChI is InChI=1S/C13H17NO3/c1-10-3-4-11(13(15)16-2)9-12(10)14-5-7-17-8-6-14/h3-4,9H,5-8H2,1-2H3. The SMILES string of the molecule is COC(=O)c1ccc(C)c(N2CCOCC2)c1. The molecule has 1 aliphatic rings. The molecule has 1 aromatic rings. The van der Waals surface area contributed by atoms with Crippen LogP contribution in [-0.4, -0.2) is 39.4 Å². The zero-order valence-electron chi connectivity index (χ0n) is 10.2. The molecule has 4 heteroatoms. The molecule has 1 saturated heterocycles. The van der Waals surface area contributed by atoms with Crippen LogP contribution in [0, 0.1) is 6.92 Å². The van der Waals surface area contributed by atoms with Gasteiger partial charge in [-0.1, -0.05) is 6.07 Å². The number of esters is 1. The number of hydrogen-bond acceptors (Lipinski definition) is 4. The number of anilines is 1. The topological polar surface area (TPSA) is 38.8 Å². The van der Waals surface area contributed by atoms with Crippen molar-refractivity contribution in [3.05, 3.63) is 29.3 Å². The zero-order chi connectivity index (χ0) is 12.3.